The summed E-state index contributed by atoms with van der Waals surface area (Å²) in [6.07, 6.45) is 3.22. The number of hydrogen-bond acceptors (Lipinski definition) is 6. The number of halogens is 1. The van der Waals surface area contributed by atoms with Gasteiger partial charge in [-0.05, 0) is 83.4 Å². The lowest BCUT2D eigenvalue weighted by atomic mass is 10.1. The van der Waals surface area contributed by atoms with Crippen molar-refractivity contribution >= 4 is 56.5 Å². The molecule has 0 atom stereocenters. The molecule has 0 aromatic heterocycles. The maximum atomic E-state index is 12.9. The number of carbonyl (C=O) groups excluding carboxylic acids is 3. The van der Waals surface area contributed by atoms with Gasteiger partial charge < -0.3 is 14.8 Å². The van der Waals surface area contributed by atoms with E-state index in [0.717, 1.165) is 27.8 Å². The van der Waals surface area contributed by atoms with E-state index in [4.69, 9.17) is 9.47 Å². The van der Waals surface area contributed by atoms with Crippen molar-refractivity contribution in [2.45, 2.75) is 20.8 Å². The summed E-state index contributed by atoms with van der Waals surface area (Å²) in [7, 11) is 0. The highest BCUT2D eigenvalue weighted by Crippen LogP contribution is 2.39. The summed E-state index contributed by atoms with van der Waals surface area (Å²) >= 11 is 4.26. The van der Waals surface area contributed by atoms with Crippen LogP contribution in [0.1, 0.15) is 23.6 Å². The fourth-order valence-electron chi connectivity index (χ4n) is 3.34. The maximum Gasteiger partial charge on any atom is 0.294 e. The predicted molar refractivity (Wildman–Crippen MR) is 138 cm³/mol. The second kappa shape index (κ2) is 11.4. The minimum Gasteiger partial charge on any atom is -0.490 e. The van der Waals surface area contributed by atoms with Crippen molar-refractivity contribution in [3.8, 4) is 11.5 Å². The summed E-state index contributed by atoms with van der Waals surface area (Å²) in [5, 5.41) is 2.31. The van der Waals surface area contributed by atoms with E-state index < -0.39 is 17.1 Å². The molecule has 0 unspecified atom stereocenters. The number of hydrogen-bond donors (Lipinski definition) is 1. The summed E-state index contributed by atoms with van der Waals surface area (Å²) in [4.78, 5) is 39.2. The van der Waals surface area contributed by atoms with E-state index in [9.17, 15) is 14.4 Å². The number of nitrogens with one attached hydrogen (secondary N) is 1. The van der Waals surface area contributed by atoms with Gasteiger partial charge in [0.25, 0.3) is 11.1 Å². The van der Waals surface area contributed by atoms with Crippen LogP contribution in [0.3, 0.4) is 0 Å². The van der Waals surface area contributed by atoms with E-state index >= 15 is 0 Å². The van der Waals surface area contributed by atoms with Crippen molar-refractivity contribution in [1.82, 2.24) is 4.90 Å². The Morgan fingerprint density at radius 3 is 2.56 bits per heavy atom. The molecule has 1 fully saturated rings. The average Bonchev–Trinajstić information content (AvgIpc) is 3.03. The summed E-state index contributed by atoms with van der Waals surface area (Å²) in [6, 6.07) is 9.16. The van der Waals surface area contributed by atoms with E-state index in [1.807, 2.05) is 39.0 Å². The zero-order valence-electron chi connectivity index (χ0n) is 19.1. The van der Waals surface area contributed by atoms with Gasteiger partial charge in [0.05, 0.1) is 16.0 Å². The number of aryl methyl sites for hydroxylation is 2. The third-order valence-corrected chi connectivity index (χ3v) is 6.39. The number of nitrogens with zero attached hydrogens (tertiary/aromatic N) is 1. The molecular formula is C25H25BrN2O5S. The molecule has 0 saturated carbocycles. The molecule has 1 N–H and O–H groups in total. The van der Waals surface area contributed by atoms with Crippen molar-refractivity contribution in [3.05, 3.63) is 69.1 Å². The Balaban J connectivity index is 1.79. The minimum atomic E-state index is -0.521. The number of rotatable bonds is 9. The number of carbonyl (C=O) groups is 3. The van der Waals surface area contributed by atoms with E-state index in [1.165, 1.54) is 0 Å². The van der Waals surface area contributed by atoms with Crippen LogP contribution in [0.2, 0.25) is 0 Å². The second-order valence-corrected chi connectivity index (χ2v) is 9.29. The highest BCUT2D eigenvalue weighted by atomic mass is 79.9. The zero-order valence-corrected chi connectivity index (χ0v) is 21.5. The third kappa shape index (κ3) is 5.90. The molecule has 2 aromatic rings. The molecule has 178 valence electrons. The number of para-hydroxylation sites is 1. The number of amides is 3. The number of anilines is 1. The van der Waals surface area contributed by atoms with Crippen LogP contribution in [0.5, 0.6) is 11.5 Å². The molecule has 0 spiro atoms. The molecular weight excluding hydrogens is 520 g/mol. The number of benzene rings is 2. The van der Waals surface area contributed by atoms with Crippen LogP contribution in [0.15, 0.2) is 52.4 Å². The van der Waals surface area contributed by atoms with Gasteiger partial charge in [0, 0.05) is 5.69 Å². The highest BCUT2D eigenvalue weighted by molar-refractivity contribution is 9.10. The first-order chi connectivity index (χ1) is 16.2. The van der Waals surface area contributed by atoms with Crippen LogP contribution < -0.4 is 14.8 Å². The molecule has 34 heavy (non-hydrogen) atoms. The fraction of sp³-hybridized carbons (Fsp3) is 0.240. The zero-order chi connectivity index (χ0) is 24.8. The Kier molecular flexibility index (Phi) is 8.57. The average molecular weight is 545 g/mol. The van der Waals surface area contributed by atoms with Gasteiger partial charge >= 0.3 is 0 Å². The fourth-order valence-corrected chi connectivity index (χ4v) is 4.75. The molecule has 0 aliphatic carbocycles. The summed E-state index contributed by atoms with van der Waals surface area (Å²) in [5.74, 6) is 0.0612. The molecule has 1 aliphatic rings. The van der Waals surface area contributed by atoms with E-state index in [1.54, 1.807) is 24.3 Å². The molecule has 2 aromatic carbocycles. The van der Waals surface area contributed by atoms with E-state index in [-0.39, 0.29) is 11.4 Å². The van der Waals surface area contributed by atoms with Gasteiger partial charge in [-0.3, -0.25) is 19.3 Å². The van der Waals surface area contributed by atoms with Gasteiger partial charge in [-0.15, -0.1) is 0 Å². The summed E-state index contributed by atoms with van der Waals surface area (Å²) < 4.78 is 12.0. The first kappa shape index (κ1) is 25.6. The SMILES string of the molecule is C=CCOc1c(Br)cc(/C=C2/SC(=O)N(CC(=O)Nc3c(C)cccc3C)C2=O)cc1OCC. The van der Waals surface area contributed by atoms with Gasteiger partial charge in [0.2, 0.25) is 5.91 Å². The molecule has 0 bridgehead atoms. The molecule has 1 saturated heterocycles. The lowest BCUT2D eigenvalue weighted by Crippen LogP contribution is -2.36. The lowest BCUT2D eigenvalue weighted by molar-refractivity contribution is -0.127. The van der Waals surface area contributed by atoms with Crippen molar-refractivity contribution in [2.24, 2.45) is 0 Å². The molecule has 3 amide bonds. The number of thioether (sulfide) groups is 1. The largest absolute Gasteiger partial charge is 0.490 e. The van der Waals surface area contributed by atoms with Crippen LogP contribution in [-0.4, -0.2) is 41.7 Å². The Morgan fingerprint density at radius 2 is 1.91 bits per heavy atom. The van der Waals surface area contributed by atoms with Crippen molar-refractivity contribution in [1.29, 1.82) is 0 Å². The van der Waals surface area contributed by atoms with E-state index in [2.05, 4.69) is 27.8 Å². The van der Waals surface area contributed by atoms with Crippen molar-refractivity contribution in [2.75, 3.05) is 25.1 Å². The number of ether oxygens (including phenoxy) is 2. The van der Waals surface area contributed by atoms with Crippen molar-refractivity contribution < 1.29 is 23.9 Å². The Morgan fingerprint density at radius 1 is 1.21 bits per heavy atom. The predicted octanol–water partition coefficient (Wildman–Crippen LogP) is 5.70. The Hall–Kier alpha value is -3.04. The second-order valence-electron chi connectivity index (χ2n) is 7.45. The summed E-state index contributed by atoms with van der Waals surface area (Å²) in [5.41, 5.74) is 3.13. The Labute approximate surface area is 211 Å². The first-order valence-electron chi connectivity index (χ1n) is 10.6. The number of imide groups is 1. The lowest BCUT2D eigenvalue weighted by Gasteiger charge is -2.15. The molecule has 9 heteroatoms. The van der Waals surface area contributed by atoms with Crippen LogP contribution in [0.4, 0.5) is 10.5 Å². The van der Waals surface area contributed by atoms with Gasteiger partial charge in [-0.1, -0.05) is 30.9 Å². The molecule has 1 heterocycles. The Bertz CT molecular complexity index is 1160. The van der Waals surface area contributed by atoms with Crippen LogP contribution in [0.25, 0.3) is 6.08 Å². The van der Waals surface area contributed by atoms with Gasteiger partial charge in [0.15, 0.2) is 11.5 Å². The smallest absolute Gasteiger partial charge is 0.294 e. The van der Waals surface area contributed by atoms with Gasteiger partial charge in [-0.2, -0.15) is 0 Å². The highest BCUT2D eigenvalue weighted by Gasteiger charge is 2.36. The first-order valence-corrected chi connectivity index (χ1v) is 12.2. The van der Waals surface area contributed by atoms with Crippen LogP contribution in [-0.2, 0) is 9.59 Å². The molecule has 0 radical (unpaired) electrons. The molecule has 7 nitrogen and oxygen atoms in total. The monoisotopic (exact) mass is 544 g/mol. The van der Waals surface area contributed by atoms with Crippen LogP contribution in [0, 0.1) is 13.8 Å². The van der Waals surface area contributed by atoms with Crippen molar-refractivity contribution in [3.63, 3.8) is 0 Å². The standard InChI is InChI=1S/C25H25BrN2O5S/c1-5-10-33-23-18(26)11-17(12-19(23)32-6-2)13-20-24(30)28(25(31)34-20)14-21(29)27-22-15(3)8-7-9-16(22)4/h5,7-9,11-13H,1,6,10,14H2,2-4H3,(H,27,29)/b20-13+. The topological polar surface area (TPSA) is 84.9 Å². The summed E-state index contributed by atoms with van der Waals surface area (Å²) in [6.45, 7) is 9.63. The van der Waals surface area contributed by atoms with E-state index in [0.29, 0.717) is 40.4 Å². The van der Waals surface area contributed by atoms with Crippen LogP contribution >= 0.6 is 27.7 Å². The minimum absolute atomic E-state index is 0.221. The third-order valence-electron chi connectivity index (χ3n) is 4.90. The van der Waals surface area contributed by atoms with Gasteiger partial charge in [0.1, 0.15) is 13.2 Å². The normalized spacial score (nSPS) is 14.5. The molecule has 1 aliphatic heterocycles. The quantitative estimate of drug-likeness (QED) is 0.321. The molecule has 3 rings (SSSR count). The maximum absolute atomic E-state index is 12.9. The van der Waals surface area contributed by atoms with Gasteiger partial charge in [-0.25, -0.2) is 0 Å².